The summed E-state index contributed by atoms with van der Waals surface area (Å²) < 4.78 is 6.24. The molecule has 2 aliphatic heterocycles. The lowest BCUT2D eigenvalue weighted by atomic mass is 10.1. The van der Waals surface area contributed by atoms with Gasteiger partial charge in [-0.1, -0.05) is 18.2 Å². The fraction of sp³-hybridized carbons (Fsp3) is 0.409. The van der Waals surface area contributed by atoms with Gasteiger partial charge in [0.15, 0.2) is 5.82 Å². The Labute approximate surface area is 170 Å². The molecule has 0 spiro atoms. The van der Waals surface area contributed by atoms with Gasteiger partial charge in [-0.3, -0.25) is 0 Å². The third-order valence-electron chi connectivity index (χ3n) is 5.74. The zero-order chi connectivity index (χ0) is 19.6. The van der Waals surface area contributed by atoms with Crippen LogP contribution in [0.2, 0.25) is 0 Å². The van der Waals surface area contributed by atoms with E-state index < -0.39 is 0 Å². The summed E-state index contributed by atoms with van der Waals surface area (Å²) in [4.78, 5) is 18.1. The highest BCUT2D eigenvalue weighted by Crippen LogP contribution is 2.29. The van der Waals surface area contributed by atoms with Gasteiger partial charge in [-0.15, -0.1) is 0 Å². The lowest BCUT2D eigenvalue weighted by molar-refractivity contribution is 0.163. The van der Waals surface area contributed by atoms with Crippen LogP contribution in [-0.2, 0) is 0 Å². The summed E-state index contributed by atoms with van der Waals surface area (Å²) in [6.07, 6.45) is 5.73. The monoisotopic (exact) mass is 391 g/mol. The first kappa shape index (κ1) is 18.1. The lowest BCUT2D eigenvalue weighted by Gasteiger charge is -2.33. The number of hydrogen-bond acceptors (Lipinski definition) is 7. The normalized spacial score (nSPS) is 20.4. The Bertz CT molecular complexity index is 990. The summed E-state index contributed by atoms with van der Waals surface area (Å²) in [5, 5.41) is 11.0. The van der Waals surface area contributed by atoms with E-state index in [-0.39, 0.29) is 12.2 Å². The predicted octanol–water partition coefficient (Wildman–Crippen LogP) is 2.64. The van der Waals surface area contributed by atoms with E-state index >= 15 is 0 Å². The number of aliphatic hydroxyl groups excluding tert-OH is 1. The molecule has 7 nitrogen and oxygen atoms in total. The molecule has 2 saturated heterocycles. The molecule has 150 valence electrons. The molecular formula is C22H25N5O2. The van der Waals surface area contributed by atoms with Crippen LogP contribution in [0.4, 0.5) is 11.6 Å². The molecule has 2 aromatic heterocycles. The van der Waals surface area contributed by atoms with Crippen LogP contribution in [0.1, 0.15) is 19.3 Å². The quantitative estimate of drug-likeness (QED) is 0.733. The Hall–Kier alpha value is -2.93. The van der Waals surface area contributed by atoms with E-state index in [1.54, 1.807) is 12.4 Å². The van der Waals surface area contributed by atoms with E-state index in [4.69, 9.17) is 9.72 Å². The van der Waals surface area contributed by atoms with Crippen molar-refractivity contribution in [2.75, 3.05) is 36.0 Å². The van der Waals surface area contributed by atoms with Gasteiger partial charge >= 0.3 is 0 Å². The molecule has 0 unspecified atom stereocenters. The van der Waals surface area contributed by atoms with Gasteiger partial charge in [0, 0.05) is 56.8 Å². The summed E-state index contributed by atoms with van der Waals surface area (Å²) >= 11 is 0. The highest BCUT2D eigenvalue weighted by atomic mass is 16.5. The summed E-state index contributed by atoms with van der Waals surface area (Å²) in [5.74, 6) is 2.33. The second-order valence-electron chi connectivity index (χ2n) is 7.74. The Morgan fingerprint density at radius 1 is 0.897 bits per heavy atom. The summed E-state index contributed by atoms with van der Waals surface area (Å²) in [7, 11) is 0. The van der Waals surface area contributed by atoms with Crippen molar-refractivity contribution in [1.29, 1.82) is 0 Å². The molecular weight excluding hydrogens is 366 g/mol. The van der Waals surface area contributed by atoms with Gasteiger partial charge in [0.1, 0.15) is 11.9 Å². The van der Waals surface area contributed by atoms with Crippen molar-refractivity contribution in [3.05, 3.63) is 48.8 Å². The largest absolute Gasteiger partial charge is 0.472 e. The second kappa shape index (κ2) is 7.83. The van der Waals surface area contributed by atoms with E-state index in [0.717, 1.165) is 61.4 Å². The minimum Gasteiger partial charge on any atom is -0.472 e. The number of aromatic nitrogens is 3. The minimum absolute atomic E-state index is 0.106. The molecule has 1 atom stereocenters. The van der Waals surface area contributed by atoms with Gasteiger partial charge in [0.05, 0.1) is 11.6 Å². The first-order chi connectivity index (χ1) is 14.3. The maximum atomic E-state index is 9.83. The van der Waals surface area contributed by atoms with Gasteiger partial charge in [-0.2, -0.15) is 0 Å². The number of hydrogen-bond donors (Lipinski definition) is 1. The number of para-hydroxylation sites is 1. The Balaban J connectivity index is 1.24. The average molecular weight is 391 g/mol. The Morgan fingerprint density at radius 2 is 1.69 bits per heavy atom. The van der Waals surface area contributed by atoms with E-state index in [1.165, 1.54) is 0 Å². The highest BCUT2D eigenvalue weighted by Gasteiger charge is 2.27. The molecule has 5 rings (SSSR count). The van der Waals surface area contributed by atoms with Crippen molar-refractivity contribution in [1.82, 2.24) is 15.0 Å². The molecule has 3 aromatic rings. The van der Waals surface area contributed by atoms with Crippen molar-refractivity contribution in [2.24, 2.45) is 0 Å². The van der Waals surface area contributed by atoms with Crippen molar-refractivity contribution >= 4 is 22.5 Å². The van der Waals surface area contributed by atoms with Crippen LogP contribution >= 0.6 is 0 Å². The molecule has 2 fully saturated rings. The summed E-state index contributed by atoms with van der Waals surface area (Å²) in [6.45, 7) is 3.16. The SMILES string of the molecule is O[C@@H]1CCN(c2nccnc2OC2CCN(c3ccc4ccccc4n3)CC2)C1. The van der Waals surface area contributed by atoms with Crippen LogP contribution in [0.15, 0.2) is 48.8 Å². The van der Waals surface area contributed by atoms with Crippen LogP contribution < -0.4 is 14.5 Å². The number of anilines is 2. The molecule has 7 heteroatoms. The number of rotatable bonds is 4. The fourth-order valence-corrected chi connectivity index (χ4v) is 4.14. The van der Waals surface area contributed by atoms with Gasteiger partial charge in [0.25, 0.3) is 5.88 Å². The number of pyridine rings is 1. The van der Waals surface area contributed by atoms with Crippen LogP contribution in [0.3, 0.4) is 0 Å². The summed E-state index contributed by atoms with van der Waals surface area (Å²) in [5.41, 5.74) is 1.03. The number of β-amino-alcohol motifs (C(OH)–C–C–N with tert-alkyl or cyclic N) is 1. The van der Waals surface area contributed by atoms with Crippen molar-refractivity contribution < 1.29 is 9.84 Å². The average Bonchev–Trinajstić information content (AvgIpc) is 3.20. The third kappa shape index (κ3) is 3.82. The highest BCUT2D eigenvalue weighted by molar-refractivity contribution is 5.80. The topological polar surface area (TPSA) is 74.6 Å². The van der Waals surface area contributed by atoms with Crippen LogP contribution in [0, 0.1) is 0 Å². The maximum absolute atomic E-state index is 9.83. The molecule has 4 heterocycles. The van der Waals surface area contributed by atoms with Gasteiger partial charge < -0.3 is 19.6 Å². The second-order valence-corrected chi connectivity index (χ2v) is 7.74. The van der Waals surface area contributed by atoms with Gasteiger partial charge in [-0.05, 0) is 24.6 Å². The van der Waals surface area contributed by atoms with Crippen molar-refractivity contribution in [3.63, 3.8) is 0 Å². The lowest BCUT2D eigenvalue weighted by Crippen LogP contribution is -2.39. The van der Waals surface area contributed by atoms with Crippen LogP contribution in [0.5, 0.6) is 5.88 Å². The first-order valence-corrected chi connectivity index (χ1v) is 10.3. The molecule has 29 heavy (non-hydrogen) atoms. The Kier molecular flexibility index (Phi) is 4.89. The molecule has 1 aromatic carbocycles. The number of nitrogens with zero attached hydrogens (tertiary/aromatic N) is 5. The minimum atomic E-state index is -0.303. The zero-order valence-corrected chi connectivity index (χ0v) is 16.3. The molecule has 0 aliphatic carbocycles. The third-order valence-corrected chi connectivity index (χ3v) is 5.74. The predicted molar refractivity (Wildman–Crippen MR) is 112 cm³/mol. The van der Waals surface area contributed by atoms with E-state index in [0.29, 0.717) is 12.4 Å². The van der Waals surface area contributed by atoms with Crippen molar-refractivity contribution in [2.45, 2.75) is 31.5 Å². The zero-order valence-electron chi connectivity index (χ0n) is 16.3. The van der Waals surface area contributed by atoms with Gasteiger partial charge in [-0.25, -0.2) is 15.0 Å². The smallest absolute Gasteiger partial charge is 0.257 e. The van der Waals surface area contributed by atoms with E-state index in [1.807, 2.05) is 12.1 Å². The van der Waals surface area contributed by atoms with Crippen LogP contribution in [0.25, 0.3) is 10.9 Å². The molecule has 0 amide bonds. The summed E-state index contributed by atoms with van der Waals surface area (Å²) in [6, 6.07) is 12.4. The van der Waals surface area contributed by atoms with E-state index in [2.05, 4.69) is 44.0 Å². The standard InChI is InChI=1S/C22H25N5O2/c28-17-7-12-27(15-17)21-22(24-11-10-23-21)29-18-8-13-26(14-9-18)20-6-5-16-3-1-2-4-19(16)25-20/h1-6,10-11,17-18,28H,7-9,12-15H2/t17-/m1/s1. The number of benzene rings is 1. The van der Waals surface area contributed by atoms with Gasteiger partial charge in [0.2, 0.25) is 0 Å². The first-order valence-electron chi connectivity index (χ1n) is 10.3. The number of ether oxygens (including phenoxy) is 1. The molecule has 0 radical (unpaired) electrons. The Morgan fingerprint density at radius 3 is 2.52 bits per heavy atom. The molecule has 2 aliphatic rings. The molecule has 0 bridgehead atoms. The van der Waals surface area contributed by atoms with Crippen molar-refractivity contribution in [3.8, 4) is 5.88 Å². The fourth-order valence-electron chi connectivity index (χ4n) is 4.14. The number of fused-ring (bicyclic) bond motifs is 1. The van der Waals surface area contributed by atoms with Crippen LogP contribution in [-0.4, -0.2) is 58.4 Å². The molecule has 0 saturated carbocycles. The van der Waals surface area contributed by atoms with E-state index in [9.17, 15) is 5.11 Å². The maximum Gasteiger partial charge on any atom is 0.257 e. The molecule has 1 N–H and O–H groups in total. The number of piperidine rings is 1. The number of aliphatic hydroxyl groups is 1.